The maximum absolute atomic E-state index is 10.6. The molecule has 1 heterocycles. The summed E-state index contributed by atoms with van der Waals surface area (Å²) in [5, 5.41) is 13.9. The Bertz CT molecular complexity index is 445. The Labute approximate surface area is 129 Å². The standard InChI is InChI=1S/C15H24BrN3O/c1-3-4-13-18-12(16)9-14(19-13)17-10-15(20)7-5-11(2)6-8-15/h9,11,20H,3-8,10H2,1-2H3,(H,17,18,19). The first-order valence-electron chi connectivity index (χ1n) is 7.50. The van der Waals surface area contributed by atoms with Crippen LogP contribution in [0.2, 0.25) is 0 Å². The average molecular weight is 342 g/mol. The van der Waals surface area contributed by atoms with E-state index in [1.54, 1.807) is 0 Å². The Morgan fingerprint density at radius 1 is 1.40 bits per heavy atom. The van der Waals surface area contributed by atoms with Crippen molar-refractivity contribution in [2.75, 3.05) is 11.9 Å². The second-order valence-corrected chi connectivity index (χ2v) is 6.82. The monoisotopic (exact) mass is 341 g/mol. The van der Waals surface area contributed by atoms with Crippen LogP contribution in [-0.2, 0) is 6.42 Å². The molecule has 0 amide bonds. The van der Waals surface area contributed by atoms with Crippen LogP contribution in [0.4, 0.5) is 5.82 Å². The fourth-order valence-corrected chi connectivity index (χ4v) is 3.04. The minimum atomic E-state index is -0.588. The topological polar surface area (TPSA) is 58.0 Å². The van der Waals surface area contributed by atoms with Crippen LogP contribution in [0.3, 0.4) is 0 Å². The Hall–Kier alpha value is -0.680. The van der Waals surface area contributed by atoms with Crippen LogP contribution < -0.4 is 5.32 Å². The van der Waals surface area contributed by atoms with Crippen LogP contribution in [0.5, 0.6) is 0 Å². The van der Waals surface area contributed by atoms with Gasteiger partial charge in [-0.15, -0.1) is 0 Å². The van der Waals surface area contributed by atoms with E-state index in [2.05, 4.69) is 45.1 Å². The van der Waals surface area contributed by atoms with E-state index < -0.39 is 5.60 Å². The molecule has 0 bridgehead atoms. The van der Waals surface area contributed by atoms with E-state index in [1.807, 2.05) is 6.07 Å². The van der Waals surface area contributed by atoms with Gasteiger partial charge in [0.15, 0.2) is 0 Å². The van der Waals surface area contributed by atoms with Crippen molar-refractivity contribution < 1.29 is 5.11 Å². The highest BCUT2D eigenvalue weighted by atomic mass is 79.9. The first-order chi connectivity index (χ1) is 9.50. The fraction of sp³-hybridized carbons (Fsp3) is 0.733. The van der Waals surface area contributed by atoms with Crippen LogP contribution in [-0.4, -0.2) is 27.2 Å². The number of hydrogen-bond acceptors (Lipinski definition) is 4. The number of aliphatic hydroxyl groups is 1. The van der Waals surface area contributed by atoms with Crippen molar-refractivity contribution in [2.24, 2.45) is 5.92 Å². The molecule has 1 aromatic rings. The van der Waals surface area contributed by atoms with Crippen molar-refractivity contribution in [1.29, 1.82) is 0 Å². The molecule has 1 saturated carbocycles. The Kier molecular flexibility index (Phi) is 5.38. The molecule has 1 aliphatic carbocycles. The number of nitrogens with zero attached hydrogens (tertiary/aromatic N) is 2. The second-order valence-electron chi connectivity index (χ2n) is 6.00. The SMILES string of the molecule is CCCc1nc(Br)cc(NCC2(O)CCC(C)CC2)n1. The molecule has 0 saturated heterocycles. The molecule has 0 atom stereocenters. The summed E-state index contributed by atoms with van der Waals surface area (Å²) in [6.07, 6.45) is 5.84. The number of aryl methyl sites for hydroxylation is 1. The first kappa shape index (κ1) is 15.7. The third kappa shape index (κ3) is 4.42. The van der Waals surface area contributed by atoms with Gasteiger partial charge in [-0.25, -0.2) is 9.97 Å². The van der Waals surface area contributed by atoms with E-state index in [0.717, 1.165) is 60.7 Å². The highest BCUT2D eigenvalue weighted by Crippen LogP contribution is 2.31. The van der Waals surface area contributed by atoms with E-state index in [0.29, 0.717) is 6.54 Å². The Morgan fingerprint density at radius 3 is 2.75 bits per heavy atom. The lowest BCUT2D eigenvalue weighted by molar-refractivity contribution is 0.00494. The van der Waals surface area contributed by atoms with Gasteiger partial charge in [-0.1, -0.05) is 13.8 Å². The number of aromatic nitrogens is 2. The lowest BCUT2D eigenvalue weighted by atomic mass is 9.79. The molecule has 4 nitrogen and oxygen atoms in total. The van der Waals surface area contributed by atoms with Crippen molar-refractivity contribution in [2.45, 2.75) is 58.0 Å². The fourth-order valence-electron chi connectivity index (χ4n) is 2.62. The average Bonchev–Trinajstić information content (AvgIpc) is 2.40. The van der Waals surface area contributed by atoms with Gasteiger partial charge in [0.05, 0.1) is 5.60 Å². The van der Waals surface area contributed by atoms with E-state index in [1.165, 1.54) is 0 Å². The molecular weight excluding hydrogens is 318 g/mol. The van der Waals surface area contributed by atoms with E-state index in [-0.39, 0.29) is 0 Å². The van der Waals surface area contributed by atoms with Gasteiger partial charge in [-0.05, 0) is 54.0 Å². The third-order valence-electron chi connectivity index (χ3n) is 4.02. The van der Waals surface area contributed by atoms with Crippen molar-refractivity contribution in [3.05, 3.63) is 16.5 Å². The lowest BCUT2D eigenvalue weighted by Crippen LogP contribution is -2.40. The van der Waals surface area contributed by atoms with Gasteiger partial charge in [0, 0.05) is 19.0 Å². The molecule has 2 N–H and O–H groups in total. The van der Waals surface area contributed by atoms with Gasteiger partial charge < -0.3 is 10.4 Å². The van der Waals surface area contributed by atoms with Crippen molar-refractivity contribution >= 4 is 21.7 Å². The highest BCUT2D eigenvalue weighted by molar-refractivity contribution is 9.10. The van der Waals surface area contributed by atoms with Crippen LogP contribution >= 0.6 is 15.9 Å². The maximum Gasteiger partial charge on any atom is 0.132 e. The van der Waals surface area contributed by atoms with E-state index in [9.17, 15) is 5.11 Å². The number of halogens is 1. The molecule has 0 unspecified atom stereocenters. The van der Waals surface area contributed by atoms with Gasteiger partial charge in [-0.2, -0.15) is 0 Å². The predicted molar refractivity (Wildman–Crippen MR) is 84.8 cm³/mol. The minimum Gasteiger partial charge on any atom is -0.388 e. The Balaban J connectivity index is 1.96. The zero-order valence-corrected chi connectivity index (χ0v) is 13.9. The van der Waals surface area contributed by atoms with Gasteiger partial charge >= 0.3 is 0 Å². The van der Waals surface area contributed by atoms with E-state index in [4.69, 9.17) is 0 Å². The van der Waals surface area contributed by atoms with Crippen molar-refractivity contribution in [3.8, 4) is 0 Å². The summed E-state index contributed by atoms with van der Waals surface area (Å²) in [6, 6.07) is 1.87. The highest BCUT2D eigenvalue weighted by Gasteiger charge is 2.31. The zero-order valence-electron chi connectivity index (χ0n) is 12.3. The first-order valence-corrected chi connectivity index (χ1v) is 8.30. The summed E-state index contributed by atoms with van der Waals surface area (Å²) in [5.74, 6) is 2.37. The number of rotatable bonds is 5. The second kappa shape index (κ2) is 6.85. The molecule has 1 aliphatic rings. The van der Waals surface area contributed by atoms with Gasteiger partial charge in [0.2, 0.25) is 0 Å². The molecule has 0 radical (unpaired) electrons. The van der Waals surface area contributed by atoms with Crippen LogP contribution in [0.1, 0.15) is 51.8 Å². The van der Waals surface area contributed by atoms with Crippen molar-refractivity contribution in [3.63, 3.8) is 0 Å². The molecule has 2 rings (SSSR count). The third-order valence-corrected chi connectivity index (χ3v) is 4.42. The minimum absolute atomic E-state index is 0.564. The molecule has 5 heteroatoms. The zero-order chi connectivity index (χ0) is 14.6. The van der Waals surface area contributed by atoms with Gasteiger partial charge in [0.1, 0.15) is 16.2 Å². The molecular formula is C15H24BrN3O. The maximum atomic E-state index is 10.6. The number of hydrogen-bond donors (Lipinski definition) is 2. The normalized spacial score (nSPS) is 26.5. The van der Waals surface area contributed by atoms with Crippen molar-refractivity contribution in [1.82, 2.24) is 9.97 Å². The predicted octanol–water partition coefficient (Wildman–Crippen LogP) is 3.54. The molecule has 0 aliphatic heterocycles. The number of nitrogens with one attached hydrogen (secondary N) is 1. The largest absolute Gasteiger partial charge is 0.388 e. The number of anilines is 1. The molecule has 1 fully saturated rings. The quantitative estimate of drug-likeness (QED) is 0.804. The summed E-state index contributed by atoms with van der Waals surface area (Å²) in [5.41, 5.74) is -0.588. The van der Waals surface area contributed by atoms with Gasteiger partial charge in [-0.3, -0.25) is 0 Å². The van der Waals surface area contributed by atoms with Gasteiger partial charge in [0.25, 0.3) is 0 Å². The Morgan fingerprint density at radius 2 is 2.10 bits per heavy atom. The summed E-state index contributed by atoms with van der Waals surface area (Å²) in [4.78, 5) is 8.84. The molecule has 112 valence electrons. The lowest BCUT2D eigenvalue weighted by Gasteiger charge is -2.35. The molecule has 20 heavy (non-hydrogen) atoms. The van der Waals surface area contributed by atoms with E-state index >= 15 is 0 Å². The summed E-state index contributed by atoms with van der Waals surface area (Å²) < 4.78 is 0.794. The molecule has 0 spiro atoms. The molecule has 0 aromatic carbocycles. The van der Waals surface area contributed by atoms with Crippen LogP contribution in [0.25, 0.3) is 0 Å². The van der Waals surface area contributed by atoms with Crippen LogP contribution in [0, 0.1) is 5.92 Å². The van der Waals surface area contributed by atoms with Crippen LogP contribution in [0.15, 0.2) is 10.7 Å². The summed E-state index contributed by atoms with van der Waals surface area (Å²) >= 11 is 3.42. The molecule has 1 aromatic heterocycles. The summed E-state index contributed by atoms with van der Waals surface area (Å²) in [7, 11) is 0. The summed E-state index contributed by atoms with van der Waals surface area (Å²) in [6.45, 7) is 4.93. The smallest absolute Gasteiger partial charge is 0.132 e.